The van der Waals surface area contributed by atoms with E-state index < -0.39 is 0 Å². The van der Waals surface area contributed by atoms with Gasteiger partial charge in [0, 0.05) is 11.7 Å². The van der Waals surface area contributed by atoms with Gasteiger partial charge in [0.15, 0.2) is 5.82 Å². The monoisotopic (exact) mass is 213 g/mol. The second kappa shape index (κ2) is 4.79. The van der Waals surface area contributed by atoms with E-state index in [-0.39, 0.29) is 0 Å². The van der Waals surface area contributed by atoms with Crippen molar-refractivity contribution >= 4 is 11.8 Å². The zero-order valence-corrected chi connectivity index (χ0v) is 8.92. The van der Waals surface area contributed by atoms with Gasteiger partial charge >= 0.3 is 0 Å². The van der Waals surface area contributed by atoms with Crippen molar-refractivity contribution in [2.75, 3.05) is 5.75 Å². The van der Waals surface area contributed by atoms with Crippen LogP contribution in [0.2, 0.25) is 0 Å². The van der Waals surface area contributed by atoms with Crippen LogP contribution in [0.25, 0.3) is 0 Å². The lowest BCUT2D eigenvalue weighted by atomic mass is 10.1. The molecule has 1 unspecified atom stereocenters. The maximum atomic E-state index is 5.41. The third kappa shape index (κ3) is 2.48. The van der Waals surface area contributed by atoms with Crippen molar-refractivity contribution in [2.45, 2.75) is 37.5 Å². The van der Waals surface area contributed by atoms with Crippen LogP contribution >= 0.6 is 11.8 Å². The third-order valence-electron chi connectivity index (χ3n) is 2.37. The highest BCUT2D eigenvalue weighted by Gasteiger charge is 2.17. The molecule has 1 aromatic heterocycles. The van der Waals surface area contributed by atoms with Crippen molar-refractivity contribution in [3.8, 4) is 0 Å². The van der Waals surface area contributed by atoms with Gasteiger partial charge in [0.25, 0.3) is 0 Å². The third-order valence-corrected chi connectivity index (χ3v) is 3.77. The van der Waals surface area contributed by atoms with E-state index in [1.54, 1.807) is 0 Å². The van der Waals surface area contributed by atoms with E-state index in [2.05, 4.69) is 10.1 Å². The van der Waals surface area contributed by atoms with Crippen LogP contribution in [0.15, 0.2) is 4.52 Å². The van der Waals surface area contributed by atoms with Gasteiger partial charge in [0.1, 0.15) is 0 Å². The molecule has 1 fully saturated rings. The average Bonchev–Trinajstić information content (AvgIpc) is 2.67. The minimum absolute atomic E-state index is 0.362. The molecule has 2 N–H and O–H groups in total. The molecule has 1 aromatic rings. The van der Waals surface area contributed by atoms with Crippen LogP contribution in [0.4, 0.5) is 0 Å². The number of nitrogens with zero attached hydrogens (tertiary/aromatic N) is 2. The first-order valence-corrected chi connectivity index (χ1v) is 6.06. The highest BCUT2D eigenvalue weighted by atomic mass is 32.2. The molecule has 0 amide bonds. The zero-order valence-electron chi connectivity index (χ0n) is 8.11. The standard InChI is InChI=1S/C9H15N3OS/c10-6-8-11-9(13-12-8)5-7-3-1-2-4-14-7/h7H,1-6,10H2. The summed E-state index contributed by atoms with van der Waals surface area (Å²) in [6, 6.07) is 0. The van der Waals surface area contributed by atoms with Gasteiger partial charge in [-0.25, -0.2) is 0 Å². The Labute approximate surface area is 87.6 Å². The second-order valence-electron chi connectivity index (χ2n) is 3.50. The fourth-order valence-electron chi connectivity index (χ4n) is 1.62. The summed E-state index contributed by atoms with van der Waals surface area (Å²) in [6.45, 7) is 0.362. The molecular formula is C9H15N3OS. The number of aromatic nitrogens is 2. The minimum Gasteiger partial charge on any atom is -0.339 e. The Morgan fingerprint density at radius 3 is 3.07 bits per heavy atom. The molecule has 2 heterocycles. The summed E-state index contributed by atoms with van der Waals surface area (Å²) in [5.41, 5.74) is 5.41. The Kier molecular flexibility index (Phi) is 3.42. The smallest absolute Gasteiger partial charge is 0.227 e. The molecule has 1 atom stereocenters. The van der Waals surface area contributed by atoms with Crippen LogP contribution in [0.1, 0.15) is 31.0 Å². The Balaban J connectivity index is 1.89. The first kappa shape index (κ1) is 9.98. The van der Waals surface area contributed by atoms with Gasteiger partial charge in [-0.1, -0.05) is 11.6 Å². The highest BCUT2D eigenvalue weighted by molar-refractivity contribution is 7.99. The first-order chi connectivity index (χ1) is 6.88. The Bertz CT molecular complexity index is 283. The topological polar surface area (TPSA) is 64.9 Å². The molecule has 4 nitrogen and oxygen atoms in total. The van der Waals surface area contributed by atoms with E-state index in [0.717, 1.165) is 12.3 Å². The van der Waals surface area contributed by atoms with Crippen LogP contribution in [0.3, 0.4) is 0 Å². The summed E-state index contributed by atoms with van der Waals surface area (Å²) in [7, 11) is 0. The van der Waals surface area contributed by atoms with Crippen LogP contribution in [0, 0.1) is 0 Å². The Morgan fingerprint density at radius 2 is 2.43 bits per heavy atom. The summed E-state index contributed by atoms with van der Waals surface area (Å²) in [6.07, 6.45) is 4.84. The van der Waals surface area contributed by atoms with Gasteiger partial charge in [-0.05, 0) is 18.6 Å². The molecule has 14 heavy (non-hydrogen) atoms. The predicted octanol–water partition coefficient (Wildman–Crippen LogP) is 1.36. The summed E-state index contributed by atoms with van der Waals surface area (Å²) in [5, 5.41) is 4.44. The molecule has 1 saturated heterocycles. The lowest BCUT2D eigenvalue weighted by Gasteiger charge is -2.19. The fourth-order valence-corrected chi connectivity index (χ4v) is 2.92. The van der Waals surface area contributed by atoms with Crippen LogP contribution < -0.4 is 5.73 Å². The summed E-state index contributed by atoms with van der Waals surface area (Å²) in [4.78, 5) is 4.21. The average molecular weight is 213 g/mol. The van der Waals surface area contributed by atoms with Gasteiger partial charge < -0.3 is 10.3 Å². The van der Waals surface area contributed by atoms with E-state index in [4.69, 9.17) is 10.3 Å². The van der Waals surface area contributed by atoms with E-state index >= 15 is 0 Å². The molecule has 0 aliphatic carbocycles. The van der Waals surface area contributed by atoms with Crippen molar-refractivity contribution in [2.24, 2.45) is 5.73 Å². The van der Waals surface area contributed by atoms with Gasteiger partial charge in [0.05, 0.1) is 6.54 Å². The SMILES string of the molecule is NCc1noc(CC2CCCCS2)n1. The van der Waals surface area contributed by atoms with Crippen molar-refractivity contribution in [3.63, 3.8) is 0 Å². The zero-order chi connectivity index (χ0) is 9.80. The molecule has 0 aromatic carbocycles. The second-order valence-corrected chi connectivity index (χ2v) is 4.91. The summed E-state index contributed by atoms with van der Waals surface area (Å²) >= 11 is 2.02. The van der Waals surface area contributed by atoms with Crippen molar-refractivity contribution in [1.82, 2.24) is 10.1 Å². The number of thioether (sulfide) groups is 1. The Hall–Kier alpha value is -0.550. The van der Waals surface area contributed by atoms with E-state index in [1.807, 2.05) is 11.8 Å². The quantitative estimate of drug-likeness (QED) is 0.821. The maximum Gasteiger partial charge on any atom is 0.227 e. The molecule has 78 valence electrons. The normalized spacial score (nSPS) is 22.5. The van der Waals surface area contributed by atoms with E-state index in [1.165, 1.54) is 25.0 Å². The fraction of sp³-hybridized carbons (Fsp3) is 0.778. The molecule has 0 spiro atoms. The van der Waals surface area contributed by atoms with E-state index in [9.17, 15) is 0 Å². The highest BCUT2D eigenvalue weighted by Crippen LogP contribution is 2.27. The van der Waals surface area contributed by atoms with Crippen molar-refractivity contribution < 1.29 is 4.52 Å². The van der Waals surface area contributed by atoms with Crippen LogP contribution in [-0.4, -0.2) is 21.1 Å². The van der Waals surface area contributed by atoms with E-state index in [0.29, 0.717) is 17.6 Å². The largest absolute Gasteiger partial charge is 0.339 e. The van der Waals surface area contributed by atoms with Crippen LogP contribution in [-0.2, 0) is 13.0 Å². The summed E-state index contributed by atoms with van der Waals surface area (Å²) < 4.78 is 5.10. The minimum atomic E-state index is 0.362. The molecule has 2 rings (SSSR count). The number of hydrogen-bond donors (Lipinski definition) is 1. The van der Waals surface area contributed by atoms with Gasteiger partial charge in [0.2, 0.25) is 5.89 Å². The molecule has 1 aliphatic rings. The lowest BCUT2D eigenvalue weighted by molar-refractivity contribution is 0.369. The predicted molar refractivity (Wildman–Crippen MR) is 56.0 cm³/mol. The van der Waals surface area contributed by atoms with Crippen LogP contribution in [0.5, 0.6) is 0 Å². The van der Waals surface area contributed by atoms with Crippen molar-refractivity contribution in [3.05, 3.63) is 11.7 Å². The van der Waals surface area contributed by atoms with Gasteiger partial charge in [-0.15, -0.1) is 0 Å². The molecule has 0 saturated carbocycles. The molecule has 5 heteroatoms. The number of nitrogens with two attached hydrogens (primary N) is 1. The maximum absolute atomic E-state index is 5.41. The molecule has 0 radical (unpaired) electrons. The Morgan fingerprint density at radius 1 is 1.50 bits per heavy atom. The first-order valence-electron chi connectivity index (χ1n) is 5.01. The molecule has 0 bridgehead atoms. The lowest BCUT2D eigenvalue weighted by Crippen LogP contribution is -2.12. The summed E-state index contributed by atoms with van der Waals surface area (Å²) in [5.74, 6) is 2.62. The molecule has 1 aliphatic heterocycles. The number of hydrogen-bond acceptors (Lipinski definition) is 5. The molecular weight excluding hydrogens is 198 g/mol. The van der Waals surface area contributed by atoms with Crippen molar-refractivity contribution in [1.29, 1.82) is 0 Å². The van der Waals surface area contributed by atoms with Gasteiger partial charge in [-0.3, -0.25) is 0 Å². The number of rotatable bonds is 3. The van der Waals surface area contributed by atoms with Gasteiger partial charge in [-0.2, -0.15) is 16.7 Å².